The van der Waals surface area contributed by atoms with Crippen LogP contribution in [0.5, 0.6) is 5.75 Å². The summed E-state index contributed by atoms with van der Waals surface area (Å²) in [7, 11) is 0. The summed E-state index contributed by atoms with van der Waals surface area (Å²) < 4.78 is 11.4. The first-order chi connectivity index (χ1) is 11.7. The number of nitrogens with zero attached hydrogens (tertiary/aromatic N) is 1. The zero-order valence-electron chi connectivity index (χ0n) is 14.2. The summed E-state index contributed by atoms with van der Waals surface area (Å²) in [5.41, 5.74) is 2.60. The zero-order valence-corrected chi connectivity index (χ0v) is 14.9. The molecular formula is C19H25ClN2O2. The molecule has 5 heteroatoms. The van der Waals surface area contributed by atoms with Crippen molar-refractivity contribution in [2.75, 3.05) is 26.3 Å². The van der Waals surface area contributed by atoms with E-state index in [9.17, 15) is 0 Å². The van der Waals surface area contributed by atoms with Crippen molar-refractivity contribution in [3.05, 3.63) is 40.6 Å². The van der Waals surface area contributed by atoms with Gasteiger partial charge in [0, 0.05) is 12.6 Å². The number of benzene rings is 1. The number of piperidine rings is 1. The van der Waals surface area contributed by atoms with Crippen LogP contribution in [0, 0.1) is 12.8 Å². The molecule has 0 aliphatic carbocycles. The molecule has 0 unspecified atom stereocenters. The number of nitrogens with one attached hydrogen (secondary N) is 1. The van der Waals surface area contributed by atoms with Crippen LogP contribution in [0.3, 0.4) is 0 Å². The van der Waals surface area contributed by atoms with Gasteiger partial charge in [0.15, 0.2) is 5.90 Å². The molecule has 0 aromatic heterocycles. The maximum absolute atomic E-state index is 6.15. The summed E-state index contributed by atoms with van der Waals surface area (Å²) in [6, 6.07) is 5.78. The van der Waals surface area contributed by atoms with E-state index in [0.717, 1.165) is 37.4 Å². The number of allylic oxidation sites excluding steroid dienone is 1. The summed E-state index contributed by atoms with van der Waals surface area (Å²) in [5.74, 6) is 2.21. The highest BCUT2D eigenvalue weighted by Gasteiger charge is 2.20. The number of hydrogen-bond donors (Lipinski definition) is 1. The van der Waals surface area contributed by atoms with Crippen LogP contribution in [0.4, 0.5) is 0 Å². The third kappa shape index (κ3) is 4.74. The van der Waals surface area contributed by atoms with E-state index in [1.807, 2.05) is 31.3 Å². The Kier molecular flexibility index (Phi) is 6.16. The van der Waals surface area contributed by atoms with Gasteiger partial charge in [-0.05, 0) is 68.5 Å². The molecule has 3 rings (SSSR count). The van der Waals surface area contributed by atoms with Crippen LogP contribution >= 0.6 is 11.6 Å². The number of aliphatic imine (C=N–C) groups is 1. The highest BCUT2D eigenvalue weighted by molar-refractivity contribution is 6.32. The van der Waals surface area contributed by atoms with E-state index in [2.05, 4.69) is 10.3 Å². The van der Waals surface area contributed by atoms with Gasteiger partial charge < -0.3 is 14.8 Å². The Morgan fingerprint density at radius 3 is 2.67 bits per heavy atom. The van der Waals surface area contributed by atoms with Crippen molar-refractivity contribution in [2.45, 2.75) is 32.6 Å². The summed E-state index contributed by atoms with van der Waals surface area (Å²) in [6.45, 7) is 5.19. The Bertz CT molecular complexity index is 622. The SMILES string of the molecule is Cc1ccc(OCCOC2=NC=C(C3CCNCC3)CC2)c(Cl)c1. The van der Waals surface area contributed by atoms with Crippen LogP contribution in [-0.2, 0) is 4.74 Å². The molecule has 0 radical (unpaired) electrons. The highest BCUT2D eigenvalue weighted by atomic mass is 35.5. The molecule has 0 amide bonds. The fourth-order valence-electron chi connectivity index (χ4n) is 3.18. The number of hydrogen-bond acceptors (Lipinski definition) is 4. The lowest BCUT2D eigenvalue weighted by atomic mass is 9.87. The molecular weight excluding hydrogens is 324 g/mol. The zero-order chi connectivity index (χ0) is 16.8. The molecule has 2 aliphatic heterocycles. The molecule has 1 aromatic rings. The minimum atomic E-state index is 0.465. The average molecular weight is 349 g/mol. The third-order valence-electron chi connectivity index (χ3n) is 4.56. The van der Waals surface area contributed by atoms with Gasteiger partial charge >= 0.3 is 0 Å². The number of rotatable bonds is 5. The molecule has 1 N–H and O–H groups in total. The predicted octanol–water partition coefficient (Wildman–Crippen LogP) is 4.12. The molecule has 24 heavy (non-hydrogen) atoms. The summed E-state index contributed by atoms with van der Waals surface area (Å²) >= 11 is 6.15. The van der Waals surface area contributed by atoms with Gasteiger partial charge in [0.05, 0.1) is 5.02 Å². The van der Waals surface area contributed by atoms with Crippen molar-refractivity contribution >= 4 is 17.5 Å². The topological polar surface area (TPSA) is 42.9 Å². The second-order valence-corrected chi connectivity index (χ2v) is 6.79. The molecule has 0 atom stereocenters. The van der Waals surface area contributed by atoms with Gasteiger partial charge in [-0.2, -0.15) is 0 Å². The molecule has 0 saturated carbocycles. The first-order valence-electron chi connectivity index (χ1n) is 8.70. The smallest absolute Gasteiger partial charge is 0.188 e. The van der Waals surface area contributed by atoms with Gasteiger partial charge in [0.2, 0.25) is 0 Å². The van der Waals surface area contributed by atoms with Gasteiger partial charge in [-0.25, -0.2) is 4.99 Å². The van der Waals surface area contributed by atoms with Crippen molar-refractivity contribution in [2.24, 2.45) is 10.9 Å². The lowest BCUT2D eigenvalue weighted by Crippen LogP contribution is -2.29. The molecule has 0 bridgehead atoms. The number of halogens is 1. The highest BCUT2D eigenvalue weighted by Crippen LogP contribution is 2.28. The summed E-state index contributed by atoms with van der Waals surface area (Å²) in [6.07, 6.45) is 6.42. The molecule has 1 fully saturated rings. The Morgan fingerprint density at radius 2 is 1.96 bits per heavy atom. The van der Waals surface area contributed by atoms with Crippen molar-refractivity contribution in [3.63, 3.8) is 0 Å². The Hall–Kier alpha value is -1.52. The quantitative estimate of drug-likeness (QED) is 0.814. The standard InChI is InChI=1S/C19H25ClN2O2/c1-14-2-4-18(17(20)12-14)23-10-11-24-19-5-3-16(13-22-19)15-6-8-21-9-7-15/h2,4,12-13,15,21H,3,5-11H2,1H3. The third-order valence-corrected chi connectivity index (χ3v) is 4.86. The maximum Gasteiger partial charge on any atom is 0.188 e. The number of aryl methyl sites for hydroxylation is 1. The molecule has 1 aromatic carbocycles. The van der Waals surface area contributed by atoms with E-state index < -0.39 is 0 Å². The van der Waals surface area contributed by atoms with Gasteiger partial charge in [-0.1, -0.05) is 17.7 Å². The summed E-state index contributed by atoms with van der Waals surface area (Å²) in [5, 5.41) is 4.04. The van der Waals surface area contributed by atoms with E-state index in [1.54, 1.807) is 0 Å². The first kappa shape index (κ1) is 17.3. The fraction of sp³-hybridized carbons (Fsp3) is 0.526. The Morgan fingerprint density at radius 1 is 1.17 bits per heavy atom. The lowest BCUT2D eigenvalue weighted by molar-refractivity contribution is 0.204. The van der Waals surface area contributed by atoms with E-state index in [-0.39, 0.29) is 0 Å². The van der Waals surface area contributed by atoms with E-state index in [4.69, 9.17) is 21.1 Å². The van der Waals surface area contributed by atoms with Crippen LogP contribution in [0.15, 0.2) is 35.0 Å². The lowest BCUT2D eigenvalue weighted by Gasteiger charge is -2.26. The molecule has 130 valence electrons. The van der Waals surface area contributed by atoms with E-state index in [0.29, 0.717) is 29.9 Å². The van der Waals surface area contributed by atoms with Gasteiger partial charge in [0.25, 0.3) is 0 Å². The fourth-order valence-corrected chi connectivity index (χ4v) is 3.47. The minimum absolute atomic E-state index is 0.465. The number of ether oxygens (including phenoxy) is 2. The largest absolute Gasteiger partial charge is 0.488 e. The van der Waals surface area contributed by atoms with Crippen LogP contribution in [0.2, 0.25) is 5.02 Å². The maximum atomic E-state index is 6.15. The molecule has 2 aliphatic rings. The van der Waals surface area contributed by atoms with Crippen molar-refractivity contribution in [1.82, 2.24) is 5.32 Å². The normalized spacial score (nSPS) is 18.8. The second kappa shape index (κ2) is 8.54. The molecule has 4 nitrogen and oxygen atoms in total. The van der Waals surface area contributed by atoms with Crippen LogP contribution in [0.1, 0.15) is 31.2 Å². The molecule has 0 spiro atoms. The van der Waals surface area contributed by atoms with Crippen molar-refractivity contribution in [3.8, 4) is 5.75 Å². The van der Waals surface area contributed by atoms with Crippen LogP contribution < -0.4 is 10.1 Å². The minimum Gasteiger partial charge on any atom is -0.488 e. The van der Waals surface area contributed by atoms with Crippen molar-refractivity contribution < 1.29 is 9.47 Å². The average Bonchev–Trinajstić information content (AvgIpc) is 2.61. The van der Waals surface area contributed by atoms with Crippen LogP contribution in [0.25, 0.3) is 0 Å². The Labute approximate surface area is 148 Å². The van der Waals surface area contributed by atoms with Gasteiger partial charge in [0.1, 0.15) is 19.0 Å². The molecule has 1 saturated heterocycles. The van der Waals surface area contributed by atoms with Crippen molar-refractivity contribution in [1.29, 1.82) is 0 Å². The monoisotopic (exact) mass is 348 g/mol. The van der Waals surface area contributed by atoms with Crippen LogP contribution in [-0.4, -0.2) is 32.2 Å². The second-order valence-electron chi connectivity index (χ2n) is 6.38. The Balaban J connectivity index is 1.42. The van der Waals surface area contributed by atoms with Gasteiger partial charge in [-0.15, -0.1) is 0 Å². The predicted molar refractivity (Wildman–Crippen MR) is 98.0 cm³/mol. The van der Waals surface area contributed by atoms with Gasteiger partial charge in [-0.3, -0.25) is 0 Å². The molecule has 2 heterocycles. The first-order valence-corrected chi connectivity index (χ1v) is 9.08. The van der Waals surface area contributed by atoms with E-state index in [1.165, 1.54) is 18.4 Å². The van der Waals surface area contributed by atoms with E-state index >= 15 is 0 Å². The summed E-state index contributed by atoms with van der Waals surface area (Å²) in [4.78, 5) is 4.49.